The Bertz CT molecular complexity index is 2570. The van der Waals surface area contributed by atoms with Gasteiger partial charge in [0, 0.05) is 109 Å². The number of morpholine rings is 3. The molecule has 18 nitrogen and oxygen atoms in total. The Morgan fingerprint density at radius 2 is 1.11 bits per heavy atom. The van der Waals surface area contributed by atoms with Gasteiger partial charge in [0.05, 0.1) is 55.5 Å². The highest BCUT2D eigenvalue weighted by atomic mass is 16.6. The third-order valence-corrected chi connectivity index (χ3v) is 11.8. The maximum Gasteiger partial charge on any atom is 0.320 e. The molecule has 3 aliphatic heterocycles. The lowest BCUT2D eigenvalue weighted by Crippen LogP contribution is -2.36. The first-order chi connectivity index (χ1) is 30.3. The van der Waals surface area contributed by atoms with Crippen molar-refractivity contribution in [2.45, 2.75) is 45.7 Å². The Morgan fingerprint density at radius 3 is 1.65 bits per heavy atom. The highest BCUT2D eigenvalue weighted by molar-refractivity contribution is 5.96. The largest absolute Gasteiger partial charge is 0.480 e. The minimum atomic E-state index is -1.14. The molecular weight excluding hydrogens is 811 g/mol. The molecule has 63 heavy (non-hydrogen) atoms. The van der Waals surface area contributed by atoms with Crippen molar-refractivity contribution < 1.29 is 38.9 Å². The van der Waals surface area contributed by atoms with Crippen LogP contribution >= 0.6 is 0 Å². The zero-order valence-corrected chi connectivity index (χ0v) is 35.9. The lowest BCUT2D eigenvalue weighted by molar-refractivity contribution is -0.383. The number of nitrogens with one attached hydrogen (secondary N) is 3. The van der Waals surface area contributed by atoms with Gasteiger partial charge in [-0.15, -0.1) is 0 Å². The first-order valence-electron chi connectivity index (χ1n) is 21.2. The quantitative estimate of drug-likeness (QED) is 0.0725. The number of hydrogen-bond donors (Lipinski definition) is 7. The summed E-state index contributed by atoms with van der Waals surface area (Å²) < 4.78 is 16.1. The van der Waals surface area contributed by atoms with E-state index in [-0.39, 0.29) is 12.1 Å². The van der Waals surface area contributed by atoms with E-state index in [0.29, 0.717) is 54.9 Å². The maximum atomic E-state index is 11.6. The van der Waals surface area contributed by atoms with Crippen molar-refractivity contribution in [3.8, 4) is 0 Å². The van der Waals surface area contributed by atoms with Crippen LogP contribution in [0.25, 0.3) is 32.7 Å². The number of benzene rings is 3. The number of anilines is 3. The number of nitrogens with zero attached hydrogens (tertiary/aromatic N) is 4. The van der Waals surface area contributed by atoms with Gasteiger partial charge in [-0.25, -0.2) is 0 Å². The Kier molecular flexibility index (Phi) is 14.2. The van der Waals surface area contributed by atoms with Gasteiger partial charge in [0.1, 0.15) is 12.1 Å². The summed E-state index contributed by atoms with van der Waals surface area (Å²) in [6.45, 7) is 15.2. The highest BCUT2D eigenvalue weighted by Gasteiger charge is 2.26. The molecule has 6 heterocycles. The number of non-ortho nitro benzene ring substituents is 1. The monoisotopic (exact) mass is 867 g/mol. The first kappa shape index (κ1) is 44.9. The minimum absolute atomic E-state index is 0.0267. The number of nitro groups is 1. The summed E-state index contributed by atoms with van der Waals surface area (Å²) in [7, 11) is 0. The van der Waals surface area contributed by atoms with Crippen LogP contribution in [0.1, 0.15) is 28.2 Å². The average Bonchev–Trinajstić information content (AvgIpc) is 3.93. The Hall–Kier alpha value is -6.18. The van der Waals surface area contributed by atoms with Gasteiger partial charge in [0.15, 0.2) is 0 Å². The van der Waals surface area contributed by atoms with Gasteiger partial charge in [-0.05, 0) is 73.7 Å². The molecule has 3 aliphatic rings. The second-order valence-corrected chi connectivity index (χ2v) is 16.2. The van der Waals surface area contributed by atoms with Gasteiger partial charge in [0.25, 0.3) is 5.69 Å². The second kappa shape index (κ2) is 19.9. The van der Waals surface area contributed by atoms with Gasteiger partial charge in [0.2, 0.25) is 0 Å². The van der Waals surface area contributed by atoms with Crippen LogP contribution in [0.3, 0.4) is 0 Å². The fourth-order valence-electron chi connectivity index (χ4n) is 8.45. The Morgan fingerprint density at radius 1 is 0.651 bits per heavy atom. The number of fused-ring (bicyclic) bond motifs is 3. The number of nitro benzene ring substituents is 1. The smallest absolute Gasteiger partial charge is 0.320 e. The fourth-order valence-corrected chi connectivity index (χ4v) is 8.45. The predicted molar refractivity (Wildman–Crippen MR) is 243 cm³/mol. The number of aryl methyl sites for hydroxylation is 3. The lowest BCUT2D eigenvalue weighted by Gasteiger charge is -2.28. The van der Waals surface area contributed by atoms with Crippen LogP contribution in [-0.4, -0.2) is 133 Å². The number of rotatable bonds is 10. The summed E-state index contributed by atoms with van der Waals surface area (Å²) in [6, 6.07) is 16.4. The van der Waals surface area contributed by atoms with E-state index in [0.717, 1.165) is 86.1 Å². The van der Waals surface area contributed by atoms with E-state index in [9.17, 15) is 19.7 Å². The summed E-state index contributed by atoms with van der Waals surface area (Å²) in [6.07, 6.45) is 0.358. The number of aliphatic carboxylic acids is 2. The molecule has 0 radical (unpaired) electrons. The SMILES string of the molecule is Cc1[nH]c2cc(N3CCOCC3)cc([N+](=O)[O-])c2c1CC(N)C(=O)O.Cc1[nH]c2cc(N3CCOCC3)ccc2c1CC(N)C(=O)O.Cc1cc2ccc(N3CCOCC3)cc2[nH]1. The van der Waals surface area contributed by atoms with Crippen molar-refractivity contribution >= 4 is 67.4 Å². The molecule has 3 saturated heterocycles. The highest BCUT2D eigenvalue weighted by Crippen LogP contribution is 2.36. The van der Waals surface area contributed by atoms with E-state index in [1.165, 1.54) is 28.4 Å². The molecule has 9 N–H and O–H groups in total. The molecule has 9 rings (SSSR count). The van der Waals surface area contributed by atoms with Crippen molar-refractivity contribution in [1.82, 2.24) is 15.0 Å². The van der Waals surface area contributed by atoms with Crippen molar-refractivity contribution in [3.63, 3.8) is 0 Å². The van der Waals surface area contributed by atoms with Crippen LogP contribution in [0, 0.1) is 30.9 Å². The van der Waals surface area contributed by atoms with E-state index in [1.807, 2.05) is 24.0 Å². The van der Waals surface area contributed by atoms with Crippen LogP contribution < -0.4 is 26.2 Å². The zero-order chi connectivity index (χ0) is 44.8. The summed E-state index contributed by atoms with van der Waals surface area (Å²) in [5.74, 6) is -2.11. The van der Waals surface area contributed by atoms with Crippen LogP contribution in [-0.2, 0) is 36.6 Å². The first-order valence-corrected chi connectivity index (χ1v) is 21.2. The number of H-pyrrole nitrogens is 3. The normalized spacial score (nSPS) is 16.6. The van der Waals surface area contributed by atoms with Gasteiger partial charge < -0.3 is 65.5 Å². The lowest BCUT2D eigenvalue weighted by atomic mass is 10.0. The number of aromatic amines is 3. The standard InChI is InChI=1S/C16H20N4O5.C16H21N3O3.C13H16N2O/c1-9-11(8-12(17)16(21)22)15-13(18-9)6-10(7-14(15)20(23)24)19-2-4-25-5-3-19;1-10-13(9-14(17)16(20)21)12-3-2-11(8-15(12)18-10)19-4-6-22-7-5-19;1-10-8-11-2-3-12(9-13(11)14-10)15-4-6-16-7-5-15/h6-7,12,18H,2-5,8,17H2,1H3,(H,21,22);2-3,8,14,18H,4-7,9,17H2,1H3,(H,20,21);2-3,8-9,14H,4-7H2,1H3. The van der Waals surface area contributed by atoms with Crippen molar-refractivity contribution in [2.24, 2.45) is 11.5 Å². The molecule has 3 aromatic carbocycles. The molecule has 2 unspecified atom stereocenters. The fraction of sp³-hybridized carbons (Fsp3) is 0.422. The minimum Gasteiger partial charge on any atom is -0.480 e. The van der Waals surface area contributed by atoms with Crippen molar-refractivity contribution in [1.29, 1.82) is 0 Å². The van der Waals surface area contributed by atoms with Gasteiger partial charge in [-0.1, -0.05) is 12.1 Å². The molecule has 0 spiro atoms. The van der Waals surface area contributed by atoms with Crippen LogP contribution in [0.2, 0.25) is 0 Å². The molecule has 0 bridgehead atoms. The number of carboxylic acid groups (broad SMARTS) is 2. The van der Waals surface area contributed by atoms with E-state index in [4.69, 9.17) is 35.9 Å². The number of hydrogen-bond acceptors (Lipinski definition) is 12. The molecule has 2 atom stereocenters. The molecule has 6 aromatic rings. The van der Waals surface area contributed by atoms with Gasteiger partial charge in [-0.3, -0.25) is 19.7 Å². The maximum absolute atomic E-state index is 11.6. The zero-order valence-electron chi connectivity index (χ0n) is 35.9. The number of aromatic nitrogens is 3. The third kappa shape index (κ3) is 10.5. The number of carbonyl (C=O) groups is 2. The Balaban J connectivity index is 0.000000145. The summed E-state index contributed by atoms with van der Waals surface area (Å²) in [4.78, 5) is 49.8. The molecule has 18 heteroatoms. The molecule has 3 fully saturated rings. The van der Waals surface area contributed by atoms with E-state index in [2.05, 4.69) is 68.1 Å². The predicted octanol–water partition coefficient (Wildman–Crippen LogP) is 4.76. The second-order valence-electron chi connectivity index (χ2n) is 16.2. The number of nitrogens with two attached hydrogens (primary N) is 2. The van der Waals surface area contributed by atoms with Gasteiger partial charge >= 0.3 is 11.9 Å². The molecule has 336 valence electrons. The van der Waals surface area contributed by atoms with E-state index < -0.39 is 28.9 Å². The number of ether oxygens (including phenoxy) is 3. The van der Waals surface area contributed by atoms with Crippen molar-refractivity contribution in [3.05, 3.63) is 92.9 Å². The van der Waals surface area contributed by atoms with E-state index >= 15 is 0 Å². The summed E-state index contributed by atoms with van der Waals surface area (Å²) >= 11 is 0. The molecule has 0 amide bonds. The van der Waals surface area contributed by atoms with Gasteiger partial charge in [-0.2, -0.15) is 0 Å². The molecule has 0 aliphatic carbocycles. The third-order valence-electron chi connectivity index (χ3n) is 11.8. The average molecular weight is 868 g/mol. The Labute approximate surface area is 364 Å². The topological polar surface area (TPSA) is 255 Å². The summed E-state index contributed by atoms with van der Waals surface area (Å²) in [5, 5.41) is 32.4. The number of carboxylic acids is 2. The summed E-state index contributed by atoms with van der Waals surface area (Å²) in [5.41, 5.74) is 21.8. The van der Waals surface area contributed by atoms with Crippen LogP contribution in [0.4, 0.5) is 22.7 Å². The molecular formula is C45H57N9O9. The molecule has 3 aromatic heterocycles. The van der Waals surface area contributed by atoms with E-state index in [1.54, 1.807) is 6.92 Å². The van der Waals surface area contributed by atoms with Crippen molar-refractivity contribution in [2.75, 3.05) is 93.6 Å². The van der Waals surface area contributed by atoms with Crippen LogP contribution in [0.5, 0.6) is 0 Å². The van der Waals surface area contributed by atoms with Crippen LogP contribution in [0.15, 0.2) is 54.6 Å². The molecule has 0 saturated carbocycles.